The summed E-state index contributed by atoms with van der Waals surface area (Å²) in [7, 11) is 0. The van der Waals surface area contributed by atoms with Gasteiger partial charge in [0.1, 0.15) is 0 Å². The molecule has 15 heavy (non-hydrogen) atoms. The van der Waals surface area contributed by atoms with E-state index < -0.39 is 6.10 Å². The summed E-state index contributed by atoms with van der Waals surface area (Å²) in [5.74, 6) is 0.816. The fourth-order valence-electron chi connectivity index (χ4n) is 2.02. The lowest BCUT2D eigenvalue weighted by molar-refractivity contribution is 0.153. The molecule has 1 aromatic rings. The molecule has 1 aliphatic rings. The van der Waals surface area contributed by atoms with E-state index in [1.165, 1.54) is 12.8 Å². The molecule has 3 nitrogen and oxygen atoms in total. The molecule has 1 aliphatic carbocycles. The Kier molecular flexibility index (Phi) is 4.33. The van der Waals surface area contributed by atoms with E-state index in [1.807, 2.05) is 24.6 Å². The van der Waals surface area contributed by atoms with Gasteiger partial charge in [0, 0.05) is 6.20 Å². The molecule has 2 rings (SSSR count). The van der Waals surface area contributed by atoms with E-state index >= 15 is 0 Å². The minimum Gasteiger partial charge on any atom is -0.387 e. The minimum atomic E-state index is -0.404. The van der Waals surface area contributed by atoms with E-state index in [0.717, 1.165) is 11.6 Å². The second-order valence-corrected chi connectivity index (χ2v) is 4.11. The van der Waals surface area contributed by atoms with Crippen LogP contribution in [-0.4, -0.2) is 14.9 Å². The molecule has 0 aromatic carbocycles. The molecule has 0 spiro atoms. The van der Waals surface area contributed by atoms with Crippen molar-refractivity contribution in [3.63, 3.8) is 0 Å². The largest absolute Gasteiger partial charge is 0.387 e. The van der Waals surface area contributed by atoms with Gasteiger partial charge < -0.3 is 5.11 Å². The molecule has 1 saturated carbocycles. The highest BCUT2D eigenvalue weighted by molar-refractivity contribution is 5.06. The van der Waals surface area contributed by atoms with Crippen LogP contribution in [0.25, 0.3) is 0 Å². The molecule has 0 bridgehead atoms. The highest BCUT2D eigenvalue weighted by Crippen LogP contribution is 2.38. The smallest absolute Gasteiger partial charge is 0.0928 e. The molecule has 1 aromatic heterocycles. The van der Waals surface area contributed by atoms with Gasteiger partial charge in [-0.05, 0) is 31.7 Å². The highest BCUT2D eigenvalue weighted by Gasteiger charge is 2.29. The van der Waals surface area contributed by atoms with Gasteiger partial charge in [0.2, 0.25) is 0 Å². The van der Waals surface area contributed by atoms with Crippen molar-refractivity contribution in [3.8, 4) is 0 Å². The molecule has 0 radical (unpaired) electrons. The van der Waals surface area contributed by atoms with Crippen molar-refractivity contribution in [2.45, 2.75) is 52.7 Å². The predicted molar refractivity (Wildman–Crippen MR) is 61.6 cm³/mol. The first-order chi connectivity index (χ1) is 7.18. The molecule has 0 amide bonds. The molecule has 0 unspecified atom stereocenters. The van der Waals surface area contributed by atoms with Crippen molar-refractivity contribution < 1.29 is 5.11 Å². The molecule has 1 heterocycles. The van der Waals surface area contributed by atoms with E-state index in [-0.39, 0.29) is 0 Å². The van der Waals surface area contributed by atoms with Gasteiger partial charge >= 0.3 is 0 Å². The first-order valence-corrected chi connectivity index (χ1v) is 5.90. The maximum Gasteiger partial charge on any atom is 0.0928 e. The standard InChI is InChI=1S/C10H16N2O.C2H6/c1-7-5-9(6-7)12-10(8(2)13)3-4-11-12;1-2/h3-4,7-9,13H,5-6H2,1-2H3;1-2H3/t7?,8-,9?;/m0./s1. The third-order valence-electron chi connectivity index (χ3n) is 2.82. The van der Waals surface area contributed by atoms with Crippen LogP contribution >= 0.6 is 0 Å². The Bertz CT molecular complexity index is 288. The summed E-state index contributed by atoms with van der Waals surface area (Å²) >= 11 is 0. The number of rotatable bonds is 2. The second-order valence-electron chi connectivity index (χ2n) is 4.11. The van der Waals surface area contributed by atoms with E-state index in [9.17, 15) is 5.11 Å². The lowest BCUT2D eigenvalue weighted by Crippen LogP contribution is -2.27. The zero-order chi connectivity index (χ0) is 11.4. The van der Waals surface area contributed by atoms with Crippen LogP contribution < -0.4 is 0 Å². The predicted octanol–water partition coefficient (Wildman–Crippen LogP) is 2.93. The number of aliphatic hydroxyl groups is 1. The van der Waals surface area contributed by atoms with Crippen LogP contribution in [0.3, 0.4) is 0 Å². The highest BCUT2D eigenvalue weighted by atomic mass is 16.3. The first kappa shape index (κ1) is 12.2. The summed E-state index contributed by atoms with van der Waals surface area (Å²) in [6.07, 6.45) is 3.76. The molecule has 1 fully saturated rings. The summed E-state index contributed by atoms with van der Waals surface area (Å²) in [4.78, 5) is 0. The molecule has 3 heteroatoms. The molecule has 1 atom stereocenters. The van der Waals surface area contributed by atoms with Gasteiger partial charge in [-0.1, -0.05) is 20.8 Å². The van der Waals surface area contributed by atoms with Crippen molar-refractivity contribution in [2.24, 2.45) is 5.92 Å². The monoisotopic (exact) mass is 210 g/mol. The maximum atomic E-state index is 9.47. The average molecular weight is 210 g/mol. The Morgan fingerprint density at radius 3 is 2.53 bits per heavy atom. The number of hydrogen-bond acceptors (Lipinski definition) is 2. The van der Waals surface area contributed by atoms with Crippen LogP contribution in [0.1, 0.15) is 58.4 Å². The molecular formula is C12H22N2O. The van der Waals surface area contributed by atoms with Crippen molar-refractivity contribution in [1.82, 2.24) is 9.78 Å². The number of aliphatic hydroxyl groups excluding tert-OH is 1. The lowest BCUT2D eigenvalue weighted by Gasteiger charge is -2.34. The fourth-order valence-corrected chi connectivity index (χ4v) is 2.02. The number of aromatic nitrogens is 2. The van der Waals surface area contributed by atoms with Crippen molar-refractivity contribution >= 4 is 0 Å². The summed E-state index contributed by atoms with van der Waals surface area (Å²) in [6.45, 7) is 8.04. The number of nitrogens with zero attached hydrogens (tertiary/aromatic N) is 2. The molecule has 0 aliphatic heterocycles. The van der Waals surface area contributed by atoms with E-state index in [1.54, 1.807) is 13.1 Å². The van der Waals surface area contributed by atoms with Crippen LogP contribution in [-0.2, 0) is 0 Å². The number of hydrogen-bond donors (Lipinski definition) is 1. The normalized spacial score (nSPS) is 26.2. The zero-order valence-electron chi connectivity index (χ0n) is 10.1. The fraction of sp³-hybridized carbons (Fsp3) is 0.750. The summed E-state index contributed by atoms with van der Waals surface area (Å²) in [5.41, 5.74) is 0.942. The average Bonchev–Trinajstić information content (AvgIpc) is 2.64. The Balaban J connectivity index is 0.000000531. The third kappa shape index (κ3) is 2.59. The van der Waals surface area contributed by atoms with Gasteiger partial charge in [-0.15, -0.1) is 0 Å². The van der Waals surface area contributed by atoms with Gasteiger partial charge in [0.05, 0.1) is 17.8 Å². The molecule has 86 valence electrons. The van der Waals surface area contributed by atoms with Gasteiger partial charge in [-0.3, -0.25) is 4.68 Å². The second kappa shape index (κ2) is 5.31. The van der Waals surface area contributed by atoms with Crippen molar-refractivity contribution in [2.75, 3.05) is 0 Å². The Hall–Kier alpha value is -0.830. The van der Waals surface area contributed by atoms with E-state index in [0.29, 0.717) is 6.04 Å². The Morgan fingerprint density at radius 1 is 1.47 bits per heavy atom. The van der Waals surface area contributed by atoms with Gasteiger partial charge in [0.15, 0.2) is 0 Å². The Labute approximate surface area is 92.1 Å². The first-order valence-electron chi connectivity index (χ1n) is 5.90. The molecule has 1 N–H and O–H groups in total. The maximum absolute atomic E-state index is 9.47. The summed E-state index contributed by atoms with van der Waals surface area (Å²) < 4.78 is 1.98. The quantitative estimate of drug-likeness (QED) is 0.815. The van der Waals surface area contributed by atoms with Crippen LogP contribution in [0.2, 0.25) is 0 Å². The summed E-state index contributed by atoms with van der Waals surface area (Å²) in [5, 5.41) is 13.7. The lowest BCUT2D eigenvalue weighted by atomic mass is 9.82. The molecular weight excluding hydrogens is 188 g/mol. The van der Waals surface area contributed by atoms with Crippen LogP contribution in [0.4, 0.5) is 0 Å². The van der Waals surface area contributed by atoms with Gasteiger partial charge in [0.25, 0.3) is 0 Å². The SMILES string of the molecule is CC.CC1CC(n2nccc2[C@H](C)O)C1. The third-order valence-corrected chi connectivity index (χ3v) is 2.82. The van der Waals surface area contributed by atoms with Gasteiger partial charge in [-0.2, -0.15) is 5.10 Å². The molecule has 0 saturated heterocycles. The van der Waals surface area contributed by atoms with E-state index in [2.05, 4.69) is 12.0 Å². The van der Waals surface area contributed by atoms with Crippen LogP contribution in [0, 0.1) is 5.92 Å². The summed E-state index contributed by atoms with van der Waals surface area (Å²) in [6, 6.07) is 2.42. The van der Waals surface area contributed by atoms with Gasteiger partial charge in [-0.25, -0.2) is 0 Å². The van der Waals surface area contributed by atoms with Crippen molar-refractivity contribution in [3.05, 3.63) is 18.0 Å². The van der Waals surface area contributed by atoms with Crippen LogP contribution in [0.5, 0.6) is 0 Å². The van der Waals surface area contributed by atoms with Crippen molar-refractivity contribution in [1.29, 1.82) is 0 Å². The Morgan fingerprint density at radius 2 is 2.07 bits per heavy atom. The van der Waals surface area contributed by atoms with Crippen LogP contribution in [0.15, 0.2) is 12.3 Å². The van der Waals surface area contributed by atoms with E-state index in [4.69, 9.17) is 0 Å². The minimum absolute atomic E-state index is 0.404. The topological polar surface area (TPSA) is 38.0 Å². The zero-order valence-corrected chi connectivity index (χ0v) is 10.1.